The molecule has 0 bridgehead atoms. The minimum atomic E-state index is 0.511. The third-order valence-electron chi connectivity index (χ3n) is 8.53. The normalized spacial score (nSPS) is 10.8. The summed E-state index contributed by atoms with van der Waals surface area (Å²) in [5.41, 5.74) is 11.3. The number of rotatable bonds is 7. The monoisotopic (exact) mass is 639 g/mol. The van der Waals surface area contributed by atoms with E-state index in [0.29, 0.717) is 23.0 Å². The van der Waals surface area contributed by atoms with E-state index in [0.717, 1.165) is 61.5 Å². The summed E-state index contributed by atoms with van der Waals surface area (Å²) >= 11 is 0. The van der Waals surface area contributed by atoms with Crippen molar-refractivity contribution in [2.24, 2.45) is 0 Å². The Labute approximate surface area is 290 Å². The maximum atomic E-state index is 9.53. The molecule has 8 rings (SSSR count). The van der Waals surface area contributed by atoms with Crippen molar-refractivity contribution in [1.29, 1.82) is 5.26 Å². The summed E-state index contributed by atoms with van der Waals surface area (Å²) in [6.45, 7) is 0. The van der Waals surface area contributed by atoms with Gasteiger partial charge in [0.2, 0.25) is 0 Å². The lowest BCUT2D eigenvalue weighted by Crippen LogP contribution is -2.00. The Hall–Kier alpha value is -7.03. The number of aromatic nitrogens is 4. The van der Waals surface area contributed by atoms with Crippen molar-refractivity contribution in [3.8, 4) is 85.0 Å². The van der Waals surface area contributed by atoms with Crippen molar-refractivity contribution < 1.29 is 0 Å². The molecule has 0 aliphatic carbocycles. The van der Waals surface area contributed by atoms with Gasteiger partial charge in [-0.15, -0.1) is 0 Å². The molecule has 0 radical (unpaired) electrons. The van der Waals surface area contributed by atoms with Crippen molar-refractivity contribution >= 4 is 0 Å². The first-order valence-electron chi connectivity index (χ1n) is 16.4. The molecule has 8 aromatic rings. The molecular formula is C45H29N5. The Morgan fingerprint density at radius 1 is 0.300 bits per heavy atom. The first-order valence-corrected chi connectivity index (χ1v) is 16.4. The number of hydrogen-bond acceptors (Lipinski definition) is 5. The van der Waals surface area contributed by atoms with E-state index >= 15 is 0 Å². The topological polar surface area (TPSA) is 75.3 Å². The molecular weight excluding hydrogens is 611 g/mol. The maximum absolute atomic E-state index is 9.53. The highest BCUT2D eigenvalue weighted by molar-refractivity contribution is 5.80. The van der Waals surface area contributed by atoms with Crippen molar-refractivity contribution in [2.45, 2.75) is 0 Å². The average Bonchev–Trinajstić information content (AvgIpc) is 3.21. The van der Waals surface area contributed by atoms with Gasteiger partial charge in [0.1, 0.15) is 0 Å². The van der Waals surface area contributed by atoms with Crippen LogP contribution in [0.2, 0.25) is 0 Å². The van der Waals surface area contributed by atoms with Gasteiger partial charge in [-0.2, -0.15) is 5.26 Å². The first-order chi connectivity index (χ1) is 24.7. The molecule has 2 heterocycles. The van der Waals surface area contributed by atoms with Crippen LogP contribution in [0.3, 0.4) is 0 Å². The third kappa shape index (κ3) is 6.42. The Bertz CT molecular complexity index is 2430. The molecule has 0 amide bonds. The minimum absolute atomic E-state index is 0.511. The lowest BCUT2D eigenvalue weighted by molar-refractivity contribution is 1.07. The molecule has 0 saturated heterocycles. The van der Waals surface area contributed by atoms with Crippen LogP contribution in [0.15, 0.2) is 176 Å². The summed E-state index contributed by atoms with van der Waals surface area (Å²) in [5.74, 6) is 1.63. The van der Waals surface area contributed by atoms with Crippen LogP contribution in [0.4, 0.5) is 0 Å². The molecule has 6 aromatic carbocycles. The molecule has 0 unspecified atom stereocenters. The van der Waals surface area contributed by atoms with Crippen LogP contribution in [0.5, 0.6) is 0 Å². The number of benzene rings is 6. The van der Waals surface area contributed by atoms with Gasteiger partial charge >= 0.3 is 0 Å². The summed E-state index contributed by atoms with van der Waals surface area (Å²) in [5, 5.41) is 9.53. The van der Waals surface area contributed by atoms with Gasteiger partial charge in [0.25, 0.3) is 0 Å². The van der Waals surface area contributed by atoms with Crippen LogP contribution in [0.25, 0.3) is 78.9 Å². The average molecular weight is 640 g/mol. The molecule has 0 saturated carbocycles. The number of pyridine rings is 1. The van der Waals surface area contributed by atoms with Crippen LogP contribution >= 0.6 is 0 Å². The molecule has 0 N–H and O–H groups in total. The lowest BCUT2D eigenvalue weighted by atomic mass is 9.97. The highest BCUT2D eigenvalue weighted by atomic mass is 15.0. The van der Waals surface area contributed by atoms with Gasteiger partial charge in [-0.25, -0.2) is 19.9 Å². The number of nitrogens with zero attached hydrogens (tertiary/aromatic N) is 5. The summed E-state index contributed by atoms with van der Waals surface area (Å²) in [6.07, 6.45) is 0. The highest BCUT2D eigenvalue weighted by Crippen LogP contribution is 2.33. The van der Waals surface area contributed by atoms with Crippen LogP contribution in [-0.4, -0.2) is 19.9 Å². The first kappa shape index (κ1) is 30.3. The lowest BCUT2D eigenvalue weighted by Gasteiger charge is -2.12. The Kier molecular flexibility index (Phi) is 8.25. The van der Waals surface area contributed by atoms with Gasteiger partial charge in [-0.3, -0.25) is 0 Å². The van der Waals surface area contributed by atoms with E-state index in [1.54, 1.807) is 12.1 Å². The second-order valence-electron chi connectivity index (χ2n) is 11.9. The fourth-order valence-corrected chi connectivity index (χ4v) is 6.01. The van der Waals surface area contributed by atoms with E-state index in [2.05, 4.69) is 91.0 Å². The molecule has 234 valence electrons. The summed E-state index contributed by atoms with van der Waals surface area (Å²) in [6, 6.07) is 61.2. The van der Waals surface area contributed by atoms with E-state index < -0.39 is 0 Å². The van der Waals surface area contributed by atoms with Gasteiger partial charge in [-0.05, 0) is 58.7 Å². The van der Waals surface area contributed by atoms with E-state index in [9.17, 15) is 5.26 Å². The summed E-state index contributed by atoms with van der Waals surface area (Å²) < 4.78 is 0. The molecule has 2 aromatic heterocycles. The standard InChI is InChI=1S/C45H29N5/c46-30-31-13-10-23-38(25-31)44-48-43(34-18-8-3-9-19-34)49-45(50-44)39-24-12-21-36(27-39)35-20-11-22-37(26-35)42-29-40(32-14-4-1-5-15-32)28-41(47-42)33-16-6-2-7-17-33/h1-29H. The molecule has 0 fully saturated rings. The van der Waals surface area contributed by atoms with Gasteiger partial charge in [-0.1, -0.05) is 140 Å². The zero-order valence-electron chi connectivity index (χ0n) is 27.0. The third-order valence-corrected chi connectivity index (χ3v) is 8.53. The second-order valence-corrected chi connectivity index (χ2v) is 11.9. The number of hydrogen-bond donors (Lipinski definition) is 0. The quantitative estimate of drug-likeness (QED) is 0.173. The smallest absolute Gasteiger partial charge is 0.164 e. The fraction of sp³-hybridized carbons (Fsp3) is 0. The van der Waals surface area contributed by atoms with Crippen LogP contribution in [0, 0.1) is 11.3 Å². The van der Waals surface area contributed by atoms with Gasteiger partial charge in [0.05, 0.1) is 23.0 Å². The van der Waals surface area contributed by atoms with Gasteiger partial charge in [0, 0.05) is 27.8 Å². The predicted octanol–water partition coefficient (Wildman–Crippen LogP) is 10.8. The van der Waals surface area contributed by atoms with Crippen molar-refractivity contribution in [1.82, 2.24) is 19.9 Å². The van der Waals surface area contributed by atoms with E-state index in [1.807, 2.05) is 78.9 Å². The molecule has 0 aliphatic heterocycles. The van der Waals surface area contributed by atoms with E-state index in [-0.39, 0.29) is 0 Å². The second kappa shape index (κ2) is 13.6. The Morgan fingerprint density at radius 3 is 1.32 bits per heavy atom. The number of nitriles is 1. The van der Waals surface area contributed by atoms with Crippen LogP contribution < -0.4 is 0 Å². The molecule has 0 aliphatic rings. The fourth-order valence-electron chi connectivity index (χ4n) is 6.01. The zero-order chi connectivity index (χ0) is 33.7. The van der Waals surface area contributed by atoms with Crippen molar-refractivity contribution in [3.05, 3.63) is 181 Å². The summed E-state index contributed by atoms with van der Waals surface area (Å²) in [4.78, 5) is 19.8. The molecule has 5 nitrogen and oxygen atoms in total. The summed E-state index contributed by atoms with van der Waals surface area (Å²) in [7, 11) is 0. The van der Waals surface area contributed by atoms with Crippen LogP contribution in [-0.2, 0) is 0 Å². The minimum Gasteiger partial charge on any atom is -0.248 e. The van der Waals surface area contributed by atoms with E-state index in [1.165, 1.54) is 0 Å². The maximum Gasteiger partial charge on any atom is 0.164 e. The Balaban J connectivity index is 1.21. The van der Waals surface area contributed by atoms with Gasteiger partial charge < -0.3 is 0 Å². The Morgan fingerprint density at radius 2 is 0.720 bits per heavy atom. The van der Waals surface area contributed by atoms with Crippen molar-refractivity contribution in [2.75, 3.05) is 0 Å². The largest absolute Gasteiger partial charge is 0.248 e. The SMILES string of the molecule is N#Cc1cccc(-c2nc(-c3ccccc3)nc(-c3cccc(-c4cccc(-c5cc(-c6ccccc6)cc(-c6ccccc6)n5)c4)c3)n2)c1. The highest BCUT2D eigenvalue weighted by Gasteiger charge is 2.14. The zero-order valence-corrected chi connectivity index (χ0v) is 27.0. The molecule has 0 spiro atoms. The van der Waals surface area contributed by atoms with Crippen molar-refractivity contribution in [3.63, 3.8) is 0 Å². The molecule has 50 heavy (non-hydrogen) atoms. The predicted molar refractivity (Wildman–Crippen MR) is 200 cm³/mol. The molecule has 5 heteroatoms. The molecule has 0 atom stereocenters. The van der Waals surface area contributed by atoms with Crippen LogP contribution in [0.1, 0.15) is 5.56 Å². The van der Waals surface area contributed by atoms with E-state index in [4.69, 9.17) is 19.9 Å². The van der Waals surface area contributed by atoms with Gasteiger partial charge in [0.15, 0.2) is 17.5 Å².